The topological polar surface area (TPSA) is 55.8 Å². The normalized spacial score (nSPS) is 15.2. The van der Waals surface area contributed by atoms with Crippen LogP contribution in [0.25, 0.3) is 0 Å². The van der Waals surface area contributed by atoms with Crippen LogP contribution in [0.15, 0.2) is 24.3 Å². The smallest absolute Gasteiger partial charge is 0.285 e. The van der Waals surface area contributed by atoms with Crippen molar-refractivity contribution in [1.29, 1.82) is 0 Å². The van der Waals surface area contributed by atoms with Gasteiger partial charge in [-0.3, -0.25) is 9.59 Å². The standard InChI is InChI=1S/C13H15NO4/c1-13(2,3)17-8-18-14-11(15)9-6-4-5-7-10(9)12(14)16/h4-7H,8H2,1-3H3. The number of hydrogen-bond acceptors (Lipinski definition) is 4. The predicted molar refractivity (Wildman–Crippen MR) is 63.7 cm³/mol. The van der Waals surface area contributed by atoms with E-state index in [2.05, 4.69) is 0 Å². The third kappa shape index (κ3) is 2.42. The van der Waals surface area contributed by atoms with E-state index in [4.69, 9.17) is 9.57 Å². The first-order valence-electron chi connectivity index (χ1n) is 5.65. The molecule has 0 fully saturated rings. The van der Waals surface area contributed by atoms with Crippen LogP contribution < -0.4 is 0 Å². The molecule has 18 heavy (non-hydrogen) atoms. The van der Waals surface area contributed by atoms with Crippen molar-refractivity contribution in [2.45, 2.75) is 26.4 Å². The van der Waals surface area contributed by atoms with Gasteiger partial charge in [0, 0.05) is 0 Å². The van der Waals surface area contributed by atoms with Crippen molar-refractivity contribution < 1.29 is 19.2 Å². The molecule has 0 aromatic heterocycles. The van der Waals surface area contributed by atoms with Crippen LogP contribution in [-0.2, 0) is 9.57 Å². The van der Waals surface area contributed by atoms with Gasteiger partial charge in [0.2, 0.25) is 0 Å². The molecule has 0 bridgehead atoms. The minimum absolute atomic E-state index is 0.144. The van der Waals surface area contributed by atoms with Gasteiger partial charge in [0.15, 0.2) is 6.79 Å². The lowest BCUT2D eigenvalue weighted by molar-refractivity contribution is -0.200. The Morgan fingerprint density at radius 3 is 2.00 bits per heavy atom. The molecule has 2 rings (SSSR count). The number of carbonyl (C=O) groups is 2. The quantitative estimate of drug-likeness (QED) is 0.607. The summed E-state index contributed by atoms with van der Waals surface area (Å²) in [5.74, 6) is -0.902. The van der Waals surface area contributed by atoms with Crippen LogP contribution in [0.4, 0.5) is 0 Å². The fourth-order valence-corrected chi connectivity index (χ4v) is 1.54. The first-order valence-corrected chi connectivity index (χ1v) is 5.65. The van der Waals surface area contributed by atoms with Gasteiger partial charge in [-0.05, 0) is 32.9 Å². The molecule has 1 aromatic carbocycles. The SMILES string of the molecule is CC(C)(C)OCON1C(=O)c2ccccc2C1=O. The van der Waals surface area contributed by atoms with Crippen LogP contribution >= 0.6 is 0 Å². The van der Waals surface area contributed by atoms with E-state index >= 15 is 0 Å². The van der Waals surface area contributed by atoms with Gasteiger partial charge in [0.05, 0.1) is 16.7 Å². The van der Waals surface area contributed by atoms with E-state index in [-0.39, 0.29) is 6.79 Å². The number of fused-ring (bicyclic) bond motifs is 1. The number of benzene rings is 1. The summed E-state index contributed by atoms with van der Waals surface area (Å²) in [7, 11) is 0. The number of ether oxygens (including phenoxy) is 1. The van der Waals surface area contributed by atoms with Crippen molar-refractivity contribution in [3.05, 3.63) is 35.4 Å². The molecular weight excluding hydrogens is 234 g/mol. The molecule has 1 heterocycles. The van der Waals surface area contributed by atoms with E-state index in [1.165, 1.54) is 0 Å². The van der Waals surface area contributed by atoms with Gasteiger partial charge in [-0.1, -0.05) is 12.1 Å². The monoisotopic (exact) mass is 249 g/mol. The number of amides is 2. The van der Waals surface area contributed by atoms with E-state index in [0.717, 1.165) is 5.06 Å². The molecule has 0 radical (unpaired) electrons. The van der Waals surface area contributed by atoms with Gasteiger partial charge in [-0.15, -0.1) is 5.06 Å². The highest BCUT2D eigenvalue weighted by Crippen LogP contribution is 2.22. The highest BCUT2D eigenvalue weighted by Gasteiger charge is 2.36. The second-order valence-electron chi connectivity index (χ2n) is 4.95. The molecule has 0 spiro atoms. The maximum atomic E-state index is 11.9. The summed E-state index contributed by atoms with van der Waals surface area (Å²) < 4.78 is 5.32. The zero-order valence-corrected chi connectivity index (χ0v) is 10.6. The average Bonchev–Trinajstić information content (AvgIpc) is 2.53. The molecule has 0 atom stereocenters. The van der Waals surface area contributed by atoms with Gasteiger partial charge >= 0.3 is 0 Å². The molecule has 2 amide bonds. The second-order valence-corrected chi connectivity index (χ2v) is 4.95. The largest absolute Gasteiger partial charge is 0.347 e. The Morgan fingerprint density at radius 1 is 1.06 bits per heavy atom. The van der Waals surface area contributed by atoms with Gasteiger partial charge in [-0.25, -0.2) is 4.84 Å². The van der Waals surface area contributed by atoms with Gasteiger partial charge in [0.25, 0.3) is 11.8 Å². The third-order valence-electron chi connectivity index (χ3n) is 2.43. The number of hydrogen-bond donors (Lipinski definition) is 0. The Hall–Kier alpha value is -1.72. The van der Waals surface area contributed by atoms with Crippen molar-refractivity contribution in [1.82, 2.24) is 5.06 Å². The molecule has 5 heteroatoms. The van der Waals surface area contributed by atoms with Crippen molar-refractivity contribution in [2.75, 3.05) is 6.79 Å². The fourth-order valence-electron chi connectivity index (χ4n) is 1.54. The van der Waals surface area contributed by atoms with E-state index in [1.807, 2.05) is 20.8 Å². The number of carbonyl (C=O) groups excluding carboxylic acids is 2. The lowest BCUT2D eigenvalue weighted by atomic mass is 10.1. The maximum absolute atomic E-state index is 11.9. The molecule has 0 N–H and O–H groups in total. The Bertz CT molecular complexity index is 455. The van der Waals surface area contributed by atoms with Crippen molar-refractivity contribution in [2.24, 2.45) is 0 Å². The maximum Gasteiger partial charge on any atom is 0.285 e. The molecule has 0 unspecified atom stereocenters. The zero-order chi connectivity index (χ0) is 13.3. The van der Waals surface area contributed by atoms with Crippen LogP contribution in [0.3, 0.4) is 0 Å². The number of rotatable bonds is 3. The molecule has 0 aliphatic carbocycles. The average molecular weight is 249 g/mol. The molecule has 1 aliphatic heterocycles. The first kappa shape index (κ1) is 12.7. The van der Waals surface area contributed by atoms with E-state index in [0.29, 0.717) is 11.1 Å². The van der Waals surface area contributed by atoms with Crippen LogP contribution in [0.5, 0.6) is 0 Å². The number of hydroxylamine groups is 2. The van der Waals surface area contributed by atoms with Gasteiger partial charge < -0.3 is 4.74 Å². The highest BCUT2D eigenvalue weighted by atomic mass is 16.8. The summed E-state index contributed by atoms with van der Waals surface area (Å²) in [6.07, 6.45) is 0. The summed E-state index contributed by atoms with van der Waals surface area (Å²) in [4.78, 5) is 28.9. The molecule has 5 nitrogen and oxygen atoms in total. The highest BCUT2D eigenvalue weighted by molar-refractivity contribution is 6.20. The molecule has 96 valence electrons. The minimum Gasteiger partial charge on any atom is -0.347 e. The van der Waals surface area contributed by atoms with Crippen LogP contribution in [0, 0.1) is 0 Å². The molecular formula is C13H15NO4. The van der Waals surface area contributed by atoms with E-state index < -0.39 is 17.4 Å². The first-order chi connectivity index (χ1) is 8.40. The van der Waals surface area contributed by atoms with E-state index in [9.17, 15) is 9.59 Å². The summed E-state index contributed by atoms with van der Waals surface area (Å²) in [5.41, 5.74) is 0.329. The second kappa shape index (κ2) is 4.51. The molecule has 1 aromatic rings. The fraction of sp³-hybridized carbons (Fsp3) is 0.385. The van der Waals surface area contributed by atoms with Crippen molar-refractivity contribution in [3.8, 4) is 0 Å². The van der Waals surface area contributed by atoms with Crippen LogP contribution in [0.1, 0.15) is 41.5 Å². The van der Waals surface area contributed by atoms with Crippen molar-refractivity contribution in [3.63, 3.8) is 0 Å². The molecule has 0 saturated carbocycles. The van der Waals surface area contributed by atoms with E-state index in [1.54, 1.807) is 24.3 Å². The Morgan fingerprint density at radius 2 is 1.56 bits per heavy atom. The lowest BCUT2D eigenvalue weighted by Gasteiger charge is -2.21. The molecule has 0 saturated heterocycles. The van der Waals surface area contributed by atoms with Gasteiger partial charge in [0.1, 0.15) is 0 Å². The van der Waals surface area contributed by atoms with Crippen LogP contribution in [-0.4, -0.2) is 29.3 Å². The lowest BCUT2D eigenvalue weighted by Crippen LogP contribution is -2.33. The van der Waals surface area contributed by atoms with Crippen molar-refractivity contribution >= 4 is 11.8 Å². The minimum atomic E-state index is -0.451. The Labute approximate surface area is 105 Å². The summed E-state index contributed by atoms with van der Waals surface area (Å²) in [5, 5.41) is 0.746. The number of nitrogens with zero attached hydrogens (tertiary/aromatic N) is 1. The summed E-state index contributed by atoms with van der Waals surface area (Å²) in [6.45, 7) is 5.44. The number of imide groups is 1. The zero-order valence-electron chi connectivity index (χ0n) is 10.6. The summed E-state index contributed by atoms with van der Waals surface area (Å²) >= 11 is 0. The Balaban J connectivity index is 2.05. The summed E-state index contributed by atoms with van der Waals surface area (Å²) in [6, 6.07) is 6.62. The Kier molecular flexibility index (Phi) is 3.19. The third-order valence-corrected chi connectivity index (χ3v) is 2.43. The van der Waals surface area contributed by atoms with Crippen LogP contribution in [0.2, 0.25) is 0 Å². The van der Waals surface area contributed by atoms with Gasteiger partial charge in [-0.2, -0.15) is 0 Å². The predicted octanol–water partition coefficient (Wildman–Crippen LogP) is 1.99. The molecule has 1 aliphatic rings.